The van der Waals surface area contributed by atoms with E-state index in [0.29, 0.717) is 0 Å². The van der Waals surface area contributed by atoms with Crippen molar-refractivity contribution in [2.75, 3.05) is 7.11 Å². The lowest BCUT2D eigenvalue weighted by Gasteiger charge is -2.04. The molecule has 0 saturated carbocycles. The molecular weight excluding hydrogens is 319 g/mol. The van der Waals surface area contributed by atoms with Gasteiger partial charge >= 0.3 is 0 Å². The van der Waals surface area contributed by atoms with Crippen molar-refractivity contribution in [2.45, 2.75) is 0 Å². The second-order valence-corrected chi connectivity index (χ2v) is 4.00. The minimum atomic E-state index is -1.09. The maximum atomic E-state index is 13.5. The van der Waals surface area contributed by atoms with Gasteiger partial charge < -0.3 is 4.74 Å². The van der Waals surface area contributed by atoms with Crippen LogP contribution in [0.1, 0.15) is 15.9 Å². The molecule has 0 radical (unpaired) electrons. The lowest BCUT2D eigenvalue weighted by Crippen LogP contribution is -2.07. The molecule has 0 N–H and O–H groups in total. The van der Waals surface area contributed by atoms with Gasteiger partial charge in [-0.05, 0) is 28.7 Å². The van der Waals surface area contributed by atoms with E-state index < -0.39 is 17.5 Å². The van der Waals surface area contributed by atoms with Crippen molar-refractivity contribution >= 4 is 34.4 Å². The van der Waals surface area contributed by atoms with Gasteiger partial charge in [-0.25, -0.2) is 8.78 Å². The standard InChI is InChI=1S/C9H4F2INO2/c1-15-9-5-3(8(14)13-9)2-4(12)6(10)7(5)11/h2H,1H3. The number of benzene rings is 1. The summed E-state index contributed by atoms with van der Waals surface area (Å²) in [6, 6.07) is 1.26. The molecule has 1 amide bonds. The highest BCUT2D eigenvalue weighted by Gasteiger charge is 2.31. The molecule has 0 aliphatic carbocycles. The number of methoxy groups -OCH3 is 1. The highest BCUT2D eigenvalue weighted by atomic mass is 127. The van der Waals surface area contributed by atoms with E-state index in [0.717, 1.165) is 0 Å². The zero-order valence-corrected chi connectivity index (χ0v) is 9.63. The summed E-state index contributed by atoms with van der Waals surface area (Å²) in [7, 11) is 1.25. The number of fused-ring (bicyclic) bond motifs is 1. The highest BCUT2D eigenvalue weighted by molar-refractivity contribution is 14.1. The van der Waals surface area contributed by atoms with Crippen molar-refractivity contribution in [3.05, 3.63) is 32.4 Å². The van der Waals surface area contributed by atoms with Gasteiger partial charge in [0.25, 0.3) is 5.91 Å². The summed E-state index contributed by atoms with van der Waals surface area (Å²) >= 11 is 1.61. The van der Waals surface area contributed by atoms with Gasteiger partial charge in [0.15, 0.2) is 11.6 Å². The topological polar surface area (TPSA) is 38.7 Å². The maximum Gasteiger partial charge on any atom is 0.281 e. The summed E-state index contributed by atoms with van der Waals surface area (Å²) in [4.78, 5) is 14.8. The number of rotatable bonds is 0. The molecule has 1 heterocycles. The molecule has 1 aliphatic rings. The van der Waals surface area contributed by atoms with E-state index in [4.69, 9.17) is 4.74 Å². The van der Waals surface area contributed by atoms with Crippen LogP contribution >= 0.6 is 22.6 Å². The molecule has 2 rings (SSSR count). The van der Waals surface area contributed by atoms with E-state index in [9.17, 15) is 13.6 Å². The second kappa shape index (κ2) is 3.51. The molecule has 1 aliphatic heterocycles. The molecule has 6 heteroatoms. The Hall–Kier alpha value is -1.05. The zero-order chi connectivity index (χ0) is 11.2. The Morgan fingerprint density at radius 2 is 2.07 bits per heavy atom. The van der Waals surface area contributed by atoms with Gasteiger partial charge in [0.2, 0.25) is 5.90 Å². The second-order valence-electron chi connectivity index (χ2n) is 2.84. The number of hydrogen-bond acceptors (Lipinski definition) is 2. The van der Waals surface area contributed by atoms with E-state index in [1.54, 1.807) is 22.6 Å². The van der Waals surface area contributed by atoms with Gasteiger partial charge in [0, 0.05) is 0 Å². The summed E-state index contributed by atoms with van der Waals surface area (Å²) in [5, 5.41) is 0. The minimum absolute atomic E-state index is 0.0372. The molecular formula is C9H4F2INO2. The van der Waals surface area contributed by atoms with Crippen molar-refractivity contribution in [3.63, 3.8) is 0 Å². The Labute approximate surface area is 97.3 Å². The number of hydrogen-bond donors (Lipinski definition) is 0. The van der Waals surface area contributed by atoms with Crippen molar-refractivity contribution in [2.24, 2.45) is 4.99 Å². The summed E-state index contributed by atoms with van der Waals surface area (Å²) < 4.78 is 31.4. The van der Waals surface area contributed by atoms with E-state index >= 15 is 0 Å². The van der Waals surface area contributed by atoms with Gasteiger partial charge in [-0.15, -0.1) is 0 Å². The van der Waals surface area contributed by atoms with Crippen LogP contribution in [0, 0.1) is 15.2 Å². The molecule has 0 saturated heterocycles. The fourth-order valence-corrected chi connectivity index (χ4v) is 1.88. The Balaban J connectivity index is 2.76. The third-order valence-electron chi connectivity index (χ3n) is 2.00. The number of amides is 1. The van der Waals surface area contributed by atoms with Crippen LogP contribution in [-0.2, 0) is 4.74 Å². The van der Waals surface area contributed by atoms with Crippen LogP contribution < -0.4 is 0 Å². The molecule has 0 fully saturated rings. The average molecular weight is 323 g/mol. The monoisotopic (exact) mass is 323 g/mol. The van der Waals surface area contributed by atoms with Gasteiger partial charge in [0.1, 0.15) is 0 Å². The Morgan fingerprint density at radius 3 is 2.67 bits per heavy atom. The van der Waals surface area contributed by atoms with Crippen molar-refractivity contribution in [1.29, 1.82) is 0 Å². The van der Waals surface area contributed by atoms with Crippen LogP contribution in [-0.4, -0.2) is 18.9 Å². The SMILES string of the molecule is COC1=NC(=O)c2cc(I)c(F)c(F)c21. The Morgan fingerprint density at radius 1 is 1.40 bits per heavy atom. The van der Waals surface area contributed by atoms with Crippen LogP contribution in [0.15, 0.2) is 11.1 Å². The zero-order valence-electron chi connectivity index (χ0n) is 7.47. The first-order chi connectivity index (χ1) is 7.06. The number of nitrogens with zero attached hydrogens (tertiary/aromatic N) is 1. The average Bonchev–Trinajstić information content (AvgIpc) is 2.52. The molecule has 0 unspecified atom stereocenters. The molecule has 78 valence electrons. The summed E-state index contributed by atoms with van der Waals surface area (Å²) in [6.45, 7) is 0. The maximum absolute atomic E-state index is 13.5. The fourth-order valence-electron chi connectivity index (χ4n) is 1.33. The quantitative estimate of drug-likeness (QED) is 0.542. The van der Waals surface area contributed by atoms with Crippen LogP contribution in [0.2, 0.25) is 0 Å². The van der Waals surface area contributed by atoms with Gasteiger partial charge in [-0.2, -0.15) is 4.99 Å². The van der Waals surface area contributed by atoms with Gasteiger partial charge in [-0.3, -0.25) is 4.79 Å². The smallest absolute Gasteiger partial charge is 0.281 e. The molecule has 0 bridgehead atoms. The summed E-state index contributed by atoms with van der Waals surface area (Å²) in [5.74, 6) is -2.88. The van der Waals surface area contributed by atoms with Gasteiger partial charge in [-0.1, -0.05) is 0 Å². The number of carbonyl (C=O) groups excluding carboxylic acids is 1. The third-order valence-corrected chi connectivity index (χ3v) is 2.79. The van der Waals surface area contributed by atoms with Crippen LogP contribution in [0.25, 0.3) is 0 Å². The molecule has 0 spiro atoms. The van der Waals surface area contributed by atoms with Crippen LogP contribution in [0.5, 0.6) is 0 Å². The number of carbonyl (C=O) groups is 1. The lowest BCUT2D eigenvalue weighted by molar-refractivity contribution is 0.100. The molecule has 1 aromatic rings. The predicted octanol–water partition coefficient (Wildman–Crippen LogP) is 2.12. The first kappa shape index (κ1) is 10.5. The predicted molar refractivity (Wildman–Crippen MR) is 57.0 cm³/mol. The highest BCUT2D eigenvalue weighted by Crippen LogP contribution is 2.27. The van der Waals surface area contributed by atoms with Gasteiger partial charge in [0.05, 0.1) is 21.8 Å². The molecule has 1 aromatic carbocycles. The Bertz CT molecular complexity index is 499. The van der Waals surface area contributed by atoms with E-state index in [1.807, 2.05) is 0 Å². The first-order valence-corrected chi connectivity index (χ1v) is 4.99. The minimum Gasteiger partial charge on any atom is -0.480 e. The van der Waals surface area contributed by atoms with Crippen molar-refractivity contribution in [1.82, 2.24) is 0 Å². The van der Waals surface area contributed by atoms with E-state index in [-0.39, 0.29) is 20.6 Å². The third kappa shape index (κ3) is 1.43. The molecule has 0 atom stereocenters. The van der Waals surface area contributed by atoms with Crippen molar-refractivity contribution in [3.8, 4) is 0 Å². The van der Waals surface area contributed by atoms with E-state index in [2.05, 4.69) is 4.99 Å². The van der Waals surface area contributed by atoms with E-state index in [1.165, 1.54) is 13.2 Å². The first-order valence-electron chi connectivity index (χ1n) is 3.91. The van der Waals surface area contributed by atoms with Crippen LogP contribution in [0.4, 0.5) is 8.78 Å². The number of halogens is 3. The fraction of sp³-hybridized carbons (Fsp3) is 0.111. The molecule has 0 aromatic heterocycles. The Kier molecular flexibility index (Phi) is 2.45. The molecule has 15 heavy (non-hydrogen) atoms. The largest absolute Gasteiger partial charge is 0.480 e. The summed E-state index contributed by atoms with van der Waals surface area (Å²) in [5.41, 5.74) is -0.157. The lowest BCUT2D eigenvalue weighted by atomic mass is 10.1. The summed E-state index contributed by atoms with van der Waals surface area (Å²) in [6.07, 6.45) is 0. The number of ether oxygens (including phenoxy) is 1. The van der Waals surface area contributed by atoms with Crippen LogP contribution in [0.3, 0.4) is 0 Å². The number of aliphatic imine (C=N–C) groups is 1. The van der Waals surface area contributed by atoms with Crippen molar-refractivity contribution < 1.29 is 18.3 Å². The normalized spacial score (nSPS) is 13.9. The molecule has 3 nitrogen and oxygen atoms in total.